The molecule has 4 atom stereocenters. The minimum absolute atomic E-state index is 0.0132. The number of methoxy groups -OCH3 is 1. The fourth-order valence-corrected chi connectivity index (χ4v) is 6.85. The van der Waals surface area contributed by atoms with Gasteiger partial charge in [-0.2, -0.15) is 5.26 Å². The molecule has 5 rings (SSSR count). The van der Waals surface area contributed by atoms with Crippen LogP contribution in [0.25, 0.3) is 16.9 Å². The van der Waals surface area contributed by atoms with Gasteiger partial charge in [0.2, 0.25) is 5.78 Å². The van der Waals surface area contributed by atoms with Crippen LogP contribution in [0, 0.1) is 23.4 Å². The molecule has 0 heterocycles. The predicted molar refractivity (Wildman–Crippen MR) is 155 cm³/mol. The lowest BCUT2D eigenvalue weighted by molar-refractivity contribution is -0.153. The molecule has 2 aromatic carbocycles. The van der Waals surface area contributed by atoms with Crippen LogP contribution in [0.1, 0.15) is 23.1 Å². The maximum atomic E-state index is 14.1. The number of nitrogens with zero attached hydrogens (tertiary/aromatic N) is 2. The van der Waals surface area contributed by atoms with Crippen molar-refractivity contribution >= 4 is 23.2 Å². The number of Topliss-reactive ketones (excluding diaryl/α,β-unsaturated/α-hetero) is 2. The van der Waals surface area contributed by atoms with E-state index in [4.69, 9.17) is 15.7 Å². The molecule has 13 heteroatoms. The highest BCUT2D eigenvalue weighted by molar-refractivity contribution is 6.24. The number of benzene rings is 2. The third kappa shape index (κ3) is 4.55. The standard InChI is InChI=1S/C31H32N4O9/c1-35(2)25-19-10-15-9-18-16(17-8-14(4-7-21(17)43-3)11-34-13-44-12-32)5-6-20(36)23(18)26(37)22(15)28(39)31(19,42)29(40)24(27(25)38)30(33)41/h4-8,15,19,25,34,36-37,40,42H,9-11,13H2,1-3H3,(H2,33,41). The minimum atomic E-state index is -2.71. The number of carbonyl (C=O) groups excluding carboxylic acids is 3. The number of ketones is 2. The predicted octanol–water partition coefficient (Wildman–Crippen LogP) is 1.18. The number of hydrogen-bond acceptors (Lipinski definition) is 12. The third-order valence-electron chi connectivity index (χ3n) is 8.73. The molecule has 0 spiro atoms. The highest BCUT2D eigenvalue weighted by Gasteiger charge is 2.64. The van der Waals surface area contributed by atoms with Gasteiger partial charge in [-0.05, 0) is 67.7 Å². The number of rotatable bonds is 8. The quantitative estimate of drug-likeness (QED) is 0.108. The third-order valence-corrected chi connectivity index (χ3v) is 8.73. The lowest BCUT2D eigenvalue weighted by atomic mass is 9.57. The minimum Gasteiger partial charge on any atom is -0.508 e. The molecular weight excluding hydrogens is 572 g/mol. The lowest BCUT2D eigenvalue weighted by Gasteiger charge is -2.50. The second-order valence-corrected chi connectivity index (χ2v) is 11.3. The maximum absolute atomic E-state index is 14.1. The average molecular weight is 605 g/mol. The number of aliphatic hydroxyl groups excluding tert-OH is 2. The summed E-state index contributed by atoms with van der Waals surface area (Å²) >= 11 is 0. The molecule has 13 nitrogen and oxygen atoms in total. The van der Waals surface area contributed by atoms with E-state index in [0.717, 1.165) is 5.56 Å². The Hall–Kier alpha value is -4.90. The number of ether oxygens (including phenoxy) is 2. The number of hydrogen-bond donors (Lipinski definition) is 6. The van der Waals surface area contributed by atoms with Crippen LogP contribution in [0.2, 0.25) is 0 Å². The number of phenolic OH excluding ortho intramolecular Hbond substituents is 1. The van der Waals surface area contributed by atoms with Gasteiger partial charge >= 0.3 is 0 Å². The van der Waals surface area contributed by atoms with Gasteiger partial charge in [0.05, 0.1) is 18.7 Å². The first-order chi connectivity index (χ1) is 20.9. The molecule has 3 aliphatic rings. The summed E-state index contributed by atoms with van der Waals surface area (Å²) in [7, 11) is 4.59. The highest BCUT2D eigenvalue weighted by atomic mass is 16.5. The van der Waals surface area contributed by atoms with Gasteiger partial charge in [-0.1, -0.05) is 12.1 Å². The summed E-state index contributed by atoms with van der Waals surface area (Å²) in [6, 6.07) is 7.29. The number of nitrogens with two attached hydrogens (primary N) is 1. The van der Waals surface area contributed by atoms with E-state index in [-0.39, 0.29) is 36.5 Å². The Morgan fingerprint density at radius 1 is 1.18 bits per heavy atom. The van der Waals surface area contributed by atoms with Crippen LogP contribution in [-0.2, 0) is 32.1 Å². The highest BCUT2D eigenvalue weighted by Crippen LogP contribution is 2.54. The van der Waals surface area contributed by atoms with E-state index in [9.17, 15) is 34.8 Å². The van der Waals surface area contributed by atoms with Gasteiger partial charge in [0.25, 0.3) is 12.2 Å². The molecule has 0 radical (unpaired) electrons. The van der Waals surface area contributed by atoms with Crippen LogP contribution < -0.4 is 15.8 Å². The molecule has 0 bridgehead atoms. The molecule has 230 valence electrons. The van der Waals surface area contributed by atoms with E-state index in [0.29, 0.717) is 29.0 Å². The molecule has 2 aromatic rings. The number of aliphatic hydroxyl groups is 3. The summed E-state index contributed by atoms with van der Waals surface area (Å²) in [4.78, 5) is 41.0. The summed E-state index contributed by atoms with van der Waals surface area (Å²) in [5.74, 6) is -6.62. The lowest BCUT2D eigenvalue weighted by Crippen LogP contribution is -2.65. The molecule has 4 unspecified atom stereocenters. The van der Waals surface area contributed by atoms with Crippen LogP contribution in [0.4, 0.5) is 0 Å². The van der Waals surface area contributed by atoms with Gasteiger partial charge in [0, 0.05) is 23.6 Å². The van der Waals surface area contributed by atoms with Crippen LogP contribution in [-0.4, -0.2) is 82.4 Å². The van der Waals surface area contributed by atoms with E-state index in [1.807, 2.05) is 12.1 Å². The maximum Gasteiger partial charge on any atom is 0.287 e. The number of phenols is 1. The summed E-state index contributed by atoms with van der Waals surface area (Å²) in [6.45, 7) is 0.370. The Labute approximate surface area is 252 Å². The number of nitrogens with one attached hydrogen (secondary N) is 1. The van der Waals surface area contributed by atoms with Crippen molar-refractivity contribution in [1.82, 2.24) is 10.2 Å². The van der Waals surface area contributed by atoms with Crippen molar-refractivity contribution in [2.45, 2.75) is 31.0 Å². The largest absolute Gasteiger partial charge is 0.508 e. The molecule has 1 amide bonds. The number of likely N-dealkylation sites (N-methyl/N-ethyl adjacent to an activating group) is 1. The van der Waals surface area contributed by atoms with E-state index in [1.165, 1.54) is 18.1 Å². The Morgan fingerprint density at radius 2 is 1.91 bits per heavy atom. The number of nitriles is 1. The van der Waals surface area contributed by atoms with Crippen molar-refractivity contribution in [2.24, 2.45) is 17.6 Å². The number of amides is 1. The van der Waals surface area contributed by atoms with Gasteiger partial charge in [0.1, 0.15) is 28.6 Å². The van der Waals surface area contributed by atoms with Gasteiger partial charge < -0.3 is 35.6 Å². The van der Waals surface area contributed by atoms with Crippen molar-refractivity contribution < 1.29 is 44.3 Å². The fraction of sp³-hybridized carbons (Fsp3) is 0.355. The first kappa shape index (κ1) is 30.6. The van der Waals surface area contributed by atoms with Crippen molar-refractivity contribution in [3.63, 3.8) is 0 Å². The Morgan fingerprint density at radius 3 is 2.55 bits per heavy atom. The van der Waals surface area contributed by atoms with E-state index in [1.54, 1.807) is 32.5 Å². The topological polar surface area (TPSA) is 216 Å². The Balaban J connectivity index is 1.67. The van der Waals surface area contributed by atoms with Crippen LogP contribution in [0.3, 0.4) is 0 Å². The smallest absolute Gasteiger partial charge is 0.287 e. The molecule has 3 aliphatic carbocycles. The molecule has 7 N–H and O–H groups in total. The Bertz CT molecular complexity index is 1690. The number of aromatic hydroxyl groups is 1. The van der Waals surface area contributed by atoms with Crippen molar-refractivity contribution in [2.75, 3.05) is 27.9 Å². The summed E-state index contributed by atoms with van der Waals surface area (Å²) in [5.41, 5.74) is 4.11. The number of carbonyl (C=O) groups is 3. The zero-order valence-electron chi connectivity index (χ0n) is 24.2. The second-order valence-electron chi connectivity index (χ2n) is 11.3. The summed E-state index contributed by atoms with van der Waals surface area (Å²) in [6.07, 6.45) is 1.69. The molecule has 1 fully saturated rings. The van der Waals surface area contributed by atoms with Crippen molar-refractivity contribution in [3.8, 4) is 28.9 Å². The SMILES string of the molecule is COc1ccc(CNCOC#N)cc1-c1ccc(O)c2c1CC1CC3C(N(C)C)C(=O)C(C(N)=O)=C(O)C3(O)C(=O)C1=C2O. The van der Waals surface area contributed by atoms with Crippen molar-refractivity contribution in [1.29, 1.82) is 5.26 Å². The zero-order chi connectivity index (χ0) is 32.1. The van der Waals surface area contributed by atoms with Gasteiger partial charge in [-0.3, -0.25) is 24.6 Å². The van der Waals surface area contributed by atoms with E-state index < -0.39 is 58.0 Å². The monoisotopic (exact) mass is 604 g/mol. The normalized spacial score (nSPS) is 24.4. The molecule has 0 saturated heterocycles. The van der Waals surface area contributed by atoms with Crippen molar-refractivity contribution in [3.05, 3.63) is 63.9 Å². The first-order valence-electron chi connectivity index (χ1n) is 13.8. The van der Waals surface area contributed by atoms with Crippen LogP contribution in [0.5, 0.6) is 11.5 Å². The van der Waals surface area contributed by atoms with Gasteiger partial charge in [0.15, 0.2) is 18.1 Å². The molecular formula is C31H32N4O9. The molecule has 44 heavy (non-hydrogen) atoms. The fourth-order valence-electron chi connectivity index (χ4n) is 6.85. The molecule has 1 saturated carbocycles. The van der Waals surface area contributed by atoms with Gasteiger partial charge in [-0.15, -0.1) is 0 Å². The van der Waals surface area contributed by atoms with Crippen LogP contribution in [0.15, 0.2) is 47.2 Å². The van der Waals surface area contributed by atoms with E-state index in [2.05, 4.69) is 10.1 Å². The molecule has 0 aromatic heterocycles. The number of primary amides is 1. The average Bonchev–Trinajstić information content (AvgIpc) is 2.97. The number of fused-ring (bicyclic) bond motifs is 3. The first-order valence-corrected chi connectivity index (χ1v) is 13.8. The zero-order valence-corrected chi connectivity index (χ0v) is 24.2. The van der Waals surface area contributed by atoms with Gasteiger partial charge in [-0.25, -0.2) is 0 Å². The summed E-state index contributed by atoms with van der Waals surface area (Å²) < 4.78 is 10.3. The molecule has 0 aliphatic heterocycles. The Kier molecular flexibility index (Phi) is 7.85. The summed E-state index contributed by atoms with van der Waals surface area (Å²) in [5, 5.41) is 56.8. The van der Waals surface area contributed by atoms with Crippen LogP contribution >= 0.6 is 0 Å². The second kappa shape index (κ2) is 11.3. The van der Waals surface area contributed by atoms with E-state index >= 15 is 0 Å².